The Morgan fingerprint density at radius 2 is 1.81 bits per heavy atom. The number of nitrogens with zero attached hydrogens (tertiary/aromatic N) is 3. The lowest BCUT2D eigenvalue weighted by atomic mass is 9.91. The summed E-state index contributed by atoms with van der Waals surface area (Å²) >= 11 is 0.776. The molecule has 10 nitrogen and oxygen atoms in total. The number of anilines is 1. The first-order valence-corrected chi connectivity index (χ1v) is 15.8. The Morgan fingerprint density at radius 1 is 1.14 bits per heavy atom. The lowest BCUT2D eigenvalue weighted by Crippen LogP contribution is -2.31. The van der Waals surface area contributed by atoms with Crippen molar-refractivity contribution in [2.24, 2.45) is 0 Å². The van der Waals surface area contributed by atoms with Crippen LogP contribution < -0.4 is 4.90 Å². The number of aryl methyl sites for hydroxylation is 1. The second-order valence-corrected chi connectivity index (χ2v) is 13.7. The Balaban J connectivity index is 1.59. The molecule has 0 bridgehead atoms. The van der Waals surface area contributed by atoms with Crippen molar-refractivity contribution in [1.29, 1.82) is 0 Å². The third-order valence-corrected chi connectivity index (χ3v) is 10.7. The molecule has 1 amide bonds. The highest BCUT2D eigenvalue weighted by atomic mass is 32.2. The van der Waals surface area contributed by atoms with Gasteiger partial charge < -0.3 is 4.74 Å². The molecule has 222 valence electrons. The van der Waals surface area contributed by atoms with Gasteiger partial charge in [0.1, 0.15) is 4.21 Å². The Hall–Kier alpha value is -4.42. The molecule has 0 spiro atoms. The molecule has 0 N–H and O–H groups in total. The largest absolute Gasteiger partial charge is 0.491 e. The van der Waals surface area contributed by atoms with Gasteiger partial charge in [0.15, 0.2) is 16.7 Å². The fourth-order valence-corrected chi connectivity index (χ4v) is 7.63. The third-order valence-electron chi connectivity index (χ3n) is 7.44. The van der Waals surface area contributed by atoms with Gasteiger partial charge in [-0.1, -0.05) is 85.4 Å². The van der Waals surface area contributed by atoms with E-state index in [-0.39, 0.29) is 37.9 Å². The molecule has 43 heavy (non-hydrogen) atoms. The number of aromatic nitrogens is 1. The van der Waals surface area contributed by atoms with Gasteiger partial charge in [-0.2, -0.15) is 0 Å². The number of thiazole rings is 1. The Bertz CT molecular complexity index is 1800. The number of sulfone groups is 1. The standard InChI is InChI=1S/C31H29N3O7S2/c1-18(2)20-9-11-21(12-10-20)27-26(28(35)22-7-5-19(3)6-8-22)29(41-4)30(36)33(27)31-32-17-25(42-31)43(39,40)24-15-13-23(14-16-24)34(37)38/h5-13,15-18,23,27H,14H2,1-4H3. The predicted molar refractivity (Wildman–Crippen MR) is 162 cm³/mol. The topological polar surface area (TPSA) is 137 Å². The van der Waals surface area contributed by atoms with Crippen molar-refractivity contribution >= 4 is 38.0 Å². The minimum absolute atomic E-state index is 0.0611. The molecule has 0 saturated carbocycles. The van der Waals surface area contributed by atoms with Crippen LogP contribution in [-0.2, 0) is 19.4 Å². The first-order chi connectivity index (χ1) is 20.4. The van der Waals surface area contributed by atoms with Gasteiger partial charge >= 0.3 is 0 Å². The zero-order chi connectivity index (χ0) is 31.1. The summed E-state index contributed by atoms with van der Waals surface area (Å²) in [6, 6.07) is 12.6. The second kappa shape index (κ2) is 11.7. The molecule has 1 aliphatic heterocycles. The molecular formula is C31H29N3O7S2. The summed E-state index contributed by atoms with van der Waals surface area (Å²) in [4.78, 5) is 44.0. The van der Waals surface area contributed by atoms with Crippen molar-refractivity contribution in [2.45, 2.75) is 49.4 Å². The highest BCUT2D eigenvalue weighted by Gasteiger charge is 2.47. The summed E-state index contributed by atoms with van der Waals surface area (Å²) in [5.41, 5.74) is 3.16. The van der Waals surface area contributed by atoms with Gasteiger partial charge in [0.05, 0.1) is 29.8 Å². The van der Waals surface area contributed by atoms with Crippen LogP contribution in [0.4, 0.5) is 5.13 Å². The van der Waals surface area contributed by atoms with Gasteiger partial charge in [-0.25, -0.2) is 13.4 Å². The van der Waals surface area contributed by atoms with E-state index in [2.05, 4.69) is 18.8 Å². The molecule has 2 heterocycles. The van der Waals surface area contributed by atoms with Gasteiger partial charge in [0.2, 0.25) is 15.9 Å². The van der Waals surface area contributed by atoms with Crippen LogP contribution in [0, 0.1) is 17.0 Å². The van der Waals surface area contributed by atoms with Crippen molar-refractivity contribution in [3.63, 3.8) is 0 Å². The van der Waals surface area contributed by atoms with Crippen LogP contribution in [-0.4, -0.2) is 43.2 Å². The minimum Gasteiger partial charge on any atom is -0.491 e. The second-order valence-electron chi connectivity index (χ2n) is 10.6. The molecule has 0 saturated heterocycles. The number of ether oxygens (including phenoxy) is 1. The number of allylic oxidation sites excluding steroid dienone is 1. The van der Waals surface area contributed by atoms with E-state index < -0.39 is 38.5 Å². The Labute approximate surface area is 253 Å². The molecule has 3 aromatic rings. The van der Waals surface area contributed by atoms with E-state index in [4.69, 9.17) is 4.74 Å². The van der Waals surface area contributed by atoms with Crippen LogP contribution in [0.15, 0.2) is 93.4 Å². The third kappa shape index (κ3) is 5.55. The summed E-state index contributed by atoms with van der Waals surface area (Å²) in [6.07, 6.45) is 4.86. The van der Waals surface area contributed by atoms with Crippen molar-refractivity contribution in [3.8, 4) is 0 Å². The maximum absolute atomic E-state index is 14.0. The quantitative estimate of drug-likeness (QED) is 0.169. The summed E-state index contributed by atoms with van der Waals surface area (Å²) < 4.78 is 32.2. The fraction of sp³-hybridized carbons (Fsp3) is 0.258. The average molecular weight is 620 g/mol. The van der Waals surface area contributed by atoms with E-state index in [0.717, 1.165) is 28.7 Å². The zero-order valence-electron chi connectivity index (χ0n) is 23.9. The molecular weight excluding hydrogens is 590 g/mol. The number of amides is 1. The van der Waals surface area contributed by atoms with Crippen molar-refractivity contribution in [1.82, 2.24) is 4.98 Å². The molecule has 2 unspecified atom stereocenters. The average Bonchev–Trinajstić information content (AvgIpc) is 3.60. The van der Waals surface area contributed by atoms with E-state index in [9.17, 15) is 28.1 Å². The molecule has 2 aromatic carbocycles. The van der Waals surface area contributed by atoms with E-state index in [1.165, 1.54) is 30.2 Å². The normalized spacial score (nSPS) is 18.8. The summed E-state index contributed by atoms with van der Waals surface area (Å²) in [7, 11) is -2.76. The molecule has 0 radical (unpaired) electrons. The summed E-state index contributed by atoms with van der Waals surface area (Å²) in [5.74, 6) is -0.913. The maximum atomic E-state index is 14.0. The van der Waals surface area contributed by atoms with Gasteiger partial charge in [-0.3, -0.25) is 24.6 Å². The lowest BCUT2D eigenvalue weighted by Gasteiger charge is -2.25. The first kappa shape index (κ1) is 30.1. The smallest absolute Gasteiger partial charge is 0.296 e. The molecule has 12 heteroatoms. The molecule has 0 fully saturated rings. The van der Waals surface area contributed by atoms with Crippen LogP contribution in [0.25, 0.3) is 0 Å². The monoisotopic (exact) mass is 619 g/mol. The van der Waals surface area contributed by atoms with Gasteiger partial charge in [0.25, 0.3) is 5.91 Å². The number of carbonyl (C=O) groups excluding carboxylic acids is 2. The minimum atomic E-state index is -4.07. The van der Waals surface area contributed by atoms with E-state index in [1.54, 1.807) is 12.1 Å². The number of carbonyl (C=O) groups is 2. The number of hydrogen-bond donors (Lipinski definition) is 0. The molecule has 1 aliphatic carbocycles. The lowest BCUT2D eigenvalue weighted by molar-refractivity contribution is -0.508. The first-order valence-electron chi connectivity index (χ1n) is 13.5. The molecule has 2 atom stereocenters. The van der Waals surface area contributed by atoms with E-state index in [0.29, 0.717) is 11.1 Å². The van der Waals surface area contributed by atoms with Crippen LogP contribution in [0.2, 0.25) is 0 Å². The van der Waals surface area contributed by atoms with Crippen molar-refractivity contribution in [2.75, 3.05) is 12.0 Å². The Kier molecular flexibility index (Phi) is 8.17. The van der Waals surface area contributed by atoms with Crippen LogP contribution in [0.3, 0.4) is 0 Å². The summed E-state index contributed by atoms with van der Waals surface area (Å²) in [6.45, 7) is 6.02. The molecule has 5 rings (SSSR count). The fourth-order valence-electron chi connectivity index (χ4n) is 5.00. The highest BCUT2D eigenvalue weighted by molar-refractivity contribution is 7.97. The highest BCUT2D eigenvalue weighted by Crippen LogP contribution is 2.45. The van der Waals surface area contributed by atoms with Crippen LogP contribution in [0.5, 0.6) is 0 Å². The van der Waals surface area contributed by atoms with Crippen LogP contribution in [0.1, 0.15) is 59.3 Å². The number of ketones is 1. The van der Waals surface area contributed by atoms with Crippen molar-refractivity contribution < 1.29 is 27.7 Å². The Morgan fingerprint density at radius 3 is 2.37 bits per heavy atom. The van der Waals surface area contributed by atoms with E-state index >= 15 is 0 Å². The van der Waals surface area contributed by atoms with E-state index in [1.807, 2.05) is 43.3 Å². The van der Waals surface area contributed by atoms with Gasteiger partial charge in [0, 0.05) is 16.9 Å². The number of methoxy groups -OCH3 is 1. The predicted octanol–water partition coefficient (Wildman–Crippen LogP) is 5.71. The van der Waals surface area contributed by atoms with Crippen molar-refractivity contribution in [3.05, 3.63) is 122 Å². The number of nitro groups is 1. The molecule has 1 aromatic heterocycles. The number of benzene rings is 2. The van der Waals surface area contributed by atoms with Gasteiger partial charge in [-0.05, 0) is 36.1 Å². The maximum Gasteiger partial charge on any atom is 0.296 e. The summed E-state index contributed by atoms with van der Waals surface area (Å²) in [5, 5.41) is 11.1. The number of hydrogen-bond acceptors (Lipinski definition) is 9. The van der Waals surface area contributed by atoms with Gasteiger partial charge in [-0.15, -0.1) is 0 Å². The number of Topliss-reactive ketones (excluding diaryl/α,β-unsaturated/α-hetero) is 1. The SMILES string of the molecule is COC1=C(C(=O)c2ccc(C)cc2)C(c2ccc(C(C)C)cc2)N(c2ncc(S(=O)(=O)C3=CCC([N+](=O)[O-])C=C3)s2)C1=O. The molecule has 2 aliphatic rings. The number of rotatable bonds is 9. The zero-order valence-corrected chi connectivity index (χ0v) is 25.5. The van der Waals surface area contributed by atoms with Crippen LogP contribution >= 0.6 is 11.3 Å².